The minimum Gasteiger partial charge on any atom is -0.393 e. The van der Waals surface area contributed by atoms with E-state index in [-0.39, 0.29) is 11.7 Å². The lowest BCUT2D eigenvalue weighted by atomic mass is 10.0. The summed E-state index contributed by atoms with van der Waals surface area (Å²) in [6.07, 6.45) is -1.56. The molecular weight excluding hydrogens is 186 g/mol. The topological polar surface area (TPSA) is 20.2 Å². The van der Waals surface area contributed by atoms with Gasteiger partial charge in [-0.2, -0.15) is 0 Å². The number of benzene rings is 1. The molecular formula is C11H14F2O. The number of aliphatic hydroxyl groups is 1. The number of aryl methyl sites for hydroxylation is 1. The van der Waals surface area contributed by atoms with Crippen molar-refractivity contribution in [3.05, 3.63) is 35.4 Å². The van der Waals surface area contributed by atoms with E-state index in [4.69, 9.17) is 5.11 Å². The predicted molar refractivity (Wildman–Crippen MR) is 51.4 cm³/mol. The molecule has 3 heteroatoms. The molecule has 0 fully saturated rings. The summed E-state index contributed by atoms with van der Waals surface area (Å²) in [7, 11) is 0. The Balaban J connectivity index is 2.64. The van der Waals surface area contributed by atoms with Gasteiger partial charge in [0.2, 0.25) is 0 Å². The van der Waals surface area contributed by atoms with Crippen LogP contribution in [0.3, 0.4) is 0 Å². The summed E-state index contributed by atoms with van der Waals surface area (Å²) in [6.45, 7) is 1.69. The van der Waals surface area contributed by atoms with Crippen LogP contribution >= 0.6 is 0 Å². The quantitative estimate of drug-likeness (QED) is 0.792. The Bertz CT molecular complexity index is 284. The van der Waals surface area contributed by atoms with Crippen LogP contribution in [0.5, 0.6) is 0 Å². The molecule has 0 spiro atoms. The zero-order valence-corrected chi connectivity index (χ0v) is 8.08. The molecule has 1 N–H and O–H groups in total. The van der Waals surface area contributed by atoms with Crippen LogP contribution in [0.15, 0.2) is 24.3 Å². The van der Waals surface area contributed by atoms with Crippen LogP contribution in [-0.2, 0) is 6.42 Å². The van der Waals surface area contributed by atoms with Gasteiger partial charge in [0, 0.05) is 5.56 Å². The molecule has 1 nitrogen and oxygen atoms in total. The Hall–Kier alpha value is -0.960. The van der Waals surface area contributed by atoms with Gasteiger partial charge in [-0.25, -0.2) is 8.78 Å². The summed E-state index contributed by atoms with van der Waals surface area (Å²) in [5.41, 5.74) is 0.900. The number of halogens is 2. The van der Waals surface area contributed by atoms with Crippen LogP contribution < -0.4 is 0 Å². The summed E-state index contributed by atoms with van der Waals surface area (Å²) in [4.78, 5) is 0. The predicted octanol–water partition coefficient (Wildman–Crippen LogP) is 2.94. The van der Waals surface area contributed by atoms with Crippen molar-refractivity contribution in [3.63, 3.8) is 0 Å². The van der Waals surface area contributed by atoms with E-state index in [2.05, 4.69) is 0 Å². The fourth-order valence-electron chi connectivity index (χ4n) is 1.26. The van der Waals surface area contributed by atoms with Gasteiger partial charge in [0.15, 0.2) is 0 Å². The van der Waals surface area contributed by atoms with Crippen molar-refractivity contribution >= 4 is 0 Å². The second-order valence-electron chi connectivity index (χ2n) is 3.43. The van der Waals surface area contributed by atoms with Crippen LogP contribution in [-0.4, -0.2) is 11.2 Å². The summed E-state index contributed by atoms with van der Waals surface area (Å²) in [6, 6.07) is 6.33. The van der Waals surface area contributed by atoms with E-state index in [0.29, 0.717) is 12.8 Å². The molecule has 0 aliphatic carbocycles. The number of aliphatic hydroxyl groups excluding tert-OH is 1. The van der Waals surface area contributed by atoms with Crippen molar-refractivity contribution in [3.8, 4) is 0 Å². The van der Waals surface area contributed by atoms with Gasteiger partial charge in [-0.3, -0.25) is 0 Å². The Labute approximate surface area is 82.4 Å². The second-order valence-corrected chi connectivity index (χ2v) is 3.43. The fourth-order valence-corrected chi connectivity index (χ4v) is 1.26. The Morgan fingerprint density at radius 2 is 2.07 bits per heavy atom. The SMILES string of the molecule is CC(O)CCc1cccc(C(F)F)c1. The third kappa shape index (κ3) is 3.42. The molecule has 1 aromatic carbocycles. The van der Waals surface area contributed by atoms with Crippen molar-refractivity contribution in [2.45, 2.75) is 32.3 Å². The normalized spacial score (nSPS) is 13.2. The minimum absolute atomic E-state index is 0.0492. The largest absolute Gasteiger partial charge is 0.393 e. The first-order valence-electron chi connectivity index (χ1n) is 4.64. The van der Waals surface area contributed by atoms with E-state index in [1.54, 1.807) is 19.1 Å². The summed E-state index contributed by atoms with van der Waals surface area (Å²) >= 11 is 0. The van der Waals surface area contributed by atoms with Crippen molar-refractivity contribution in [1.29, 1.82) is 0 Å². The van der Waals surface area contributed by atoms with Crippen molar-refractivity contribution in [2.75, 3.05) is 0 Å². The van der Waals surface area contributed by atoms with E-state index in [1.165, 1.54) is 12.1 Å². The lowest BCUT2D eigenvalue weighted by molar-refractivity contribution is 0.151. The van der Waals surface area contributed by atoms with E-state index >= 15 is 0 Å². The highest BCUT2D eigenvalue weighted by Gasteiger charge is 2.07. The van der Waals surface area contributed by atoms with Gasteiger partial charge in [0.25, 0.3) is 6.43 Å². The van der Waals surface area contributed by atoms with E-state index in [0.717, 1.165) is 5.56 Å². The maximum atomic E-state index is 12.3. The van der Waals surface area contributed by atoms with E-state index < -0.39 is 6.43 Å². The highest BCUT2D eigenvalue weighted by molar-refractivity contribution is 5.24. The molecule has 0 aromatic heterocycles. The monoisotopic (exact) mass is 200 g/mol. The molecule has 0 saturated heterocycles. The van der Waals surface area contributed by atoms with Crippen molar-refractivity contribution in [2.24, 2.45) is 0 Å². The molecule has 78 valence electrons. The number of hydrogen-bond acceptors (Lipinski definition) is 1. The van der Waals surface area contributed by atoms with Crippen molar-refractivity contribution < 1.29 is 13.9 Å². The molecule has 1 atom stereocenters. The van der Waals surface area contributed by atoms with Crippen LogP contribution in [0.4, 0.5) is 8.78 Å². The lowest BCUT2D eigenvalue weighted by Crippen LogP contribution is -2.01. The number of alkyl halides is 2. The zero-order valence-electron chi connectivity index (χ0n) is 8.08. The standard InChI is InChI=1S/C11H14F2O/c1-8(14)5-6-9-3-2-4-10(7-9)11(12)13/h2-4,7-8,11,14H,5-6H2,1H3. The van der Waals surface area contributed by atoms with E-state index in [9.17, 15) is 8.78 Å². The molecule has 1 unspecified atom stereocenters. The Morgan fingerprint density at radius 3 is 2.64 bits per heavy atom. The highest BCUT2D eigenvalue weighted by atomic mass is 19.3. The average molecular weight is 200 g/mol. The Morgan fingerprint density at radius 1 is 1.36 bits per heavy atom. The molecule has 0 aliphatic rings. The molecule has 0 heterocycles. The molecule has 0 aliphatic heterocycles. The van der Waals surface area contributed by atoms with Gasteiger partial charge in [-0.05, 0) is 25.3 Å². The average Bonchev–Trinajstić information content (AvgIpc) is 2.15. The summed E-state index contributed by atoms with van der Waals surface area (Å²) in [5.74, 6) is 0. The molecule has 1 rings (SSSR count). The zero-order chi connectivity index (χ0) is 10.6. The van der Waals surface area contributed by atoms with Crippen LogP contribution in [0, 0.1) is 0 Å². The van der Waals surface area contributed by atoms with Gasteiger partial charge < -0.3 is 5.11 Å². The molecule has 0 saturated carbocycles. The third-order valence-corrected chi connectivity index (χ3v) is 2.05. The first-order chi connectivity index (χ1) is 6.59. The number of hydrogen-bond donors (Lipinski definition) is 1. The molecule has 0 amide bonds. The Kier molecular flexibility index (Phi) is 4.01. The van der Waals surface area contributed by atoms with Crippen LogP contribution in [0.2, 0.25) is 0 Å². The maximum absolute atomic E-state index is 12.3. The first kappa shape index (κ1) is 11.1. The highest BCUT2D eigenvalue weighted by Crippen LogP contribution is 2.20. The smallest absolute Gasteiger partial charge is 0.263 e. The third-order valence-electron chi connectivity index (χ3n) is 2.05. The molecule has 0 bridgehead atoms. The van der Waals surface area contributed by atoms with Crippen LogP contribution in [0.1, 0.15) is 30.9 Å². The number of rotatable bonds is 4. The fraction of sp³-hybridized carbons (Fsp3) is 0.455. The first-order valence-corrected chi connectivity index (χ1v) is 4.64. The molecule has 0 radical (unpaired) electrons. The van der Waals surface area contributed by atoms with Gasteiger partial charge in [-0.15, -0.1) is 0 Å². The minimum atomic E-state index is -2.42. The molecule has 14 heavy (non-hydrogen) atoms. The second kappa shape index (κ2) is 5.05. The van der Waals surface area contributed by atoms with Crippen LogP contribution in [0.25, 0.3) is 0 Å². The van der Waals surface area contributed by atoms with Gasteiger partial charge >= 0.3 is 0 Å². The summed E-state index contributed by atoms with van der Waals surface area (Å²) in [5, 5.41) is 9.04. The summed E-state index contributed by atoms with van der Waals surface area (Å²) < 4.78 is 24.6. The lowest BCUT2D eigenvalue weighted by Gasteiger charge is -2.06. The molecule has 1 aromatic rings. The van der Waals surface area contributed by atoms with E-state index in [1.807, 2.05) is 0 Å². The van der Waals surface area contributed by atoms with Gasteiger partial charge in [0.1, 0.15) is 0 Å². The maximum Gasteiger partial charge on any atom is 0.263 e. The van der Waals surface area contributed by atoms with Gasteiger partial charge in [-0.1, -0.05) is 24.3 Å². The van der Waals surface area contributed by atoms with Gasteiger partial charge in [0.05, 0.1) is 6.10 Å². The van der Waals surface area contributed by atoms with Crippen molar-refractivity contribution in [1.82, 2.24) is 0 Å².